The number of hydrogen-bond acceptors (Lipinski definition) is 4. The maximum Gasteiger partial charge on any atom is 0.259 e. The second-order valence-electron chi connectivity index (χ2n) is 4.29. The highest BCUT2D eigenvalue weighted by atomic mass is 79.9. The van der Waals surface area contributed by atoms with Gasteiger partial charge in [-0.25, -0.2) is 4.39 Å². The van der Waals surface area contributed by atoms with Crippen LogP contribution in [0.2, 0.25) is 0 Å². The Balaban J connectivity index is 2.06. The number of benzene rings is 2. The normalized spacial score (nSPS) is 10.8. The zero-order valence-corrected chi connectivity index (χ0v) is 13.7. The van der Waals surface area contributed by atoms with E-state index in [1.165, 1.54) is 12.1 Å². The molecule has 3 rings (SSSR count). The number of nitrogens with two attached hydrogens (primary N) is 1. The first-order valence-corrected chi connectivity index (χ1v) is 7.48. The Hall–Kier alpha value is -1.73. The van der Waals surface area contributed by atoms with E-state index in [1.54, 1.807) is 18.2 Å². The summed E-state index contributed by atoms with van der Waals surface area (Å²) in [5, 5.41) is 3.92. The Kier molecular flexibility index (Phi) is 3.77. The molecule has 21 heavy (non-hydrogen) atoms. The number of rotatable bonds is 2. The first-order valence-electron chi connectivity index (χ1n) is 5.89. The van der Waals surface area contributed by atoms with Crippen molar-refractivity contribution < 1.29 is 8.91 Å². The van der Waals surface area contributed by atoms with Gasteiger partial charge in [0, 0.05) is 20.2 Å². The van der Waals surface area contributed by atoms with Crippen molar-refractivity contribution in [2.24, 2.45) is 0 Å². The highest BCUT2D eigenvalue weighted by Crippen LogP contribution is 2.32. The molecule has 0 amide bonds. The quantitative estimate of drug-likeness (QED) is 0.622. The number of nitrogens with zero attached hydrogens (tertiary/aromatic N) is 2. The summed E-state index contributed by atoms with van der Waals surface area (Å²) in [4.78, 5) is 4.33. The van der Waals surface area contributed by atoms with Gasteiger partial charge in [-0.2, -0.15) is 4.98 Å². The largest absolute Gasteiger partial charge is 0.399 e. The fourth-order valence-electron chi connectivity index (χ4n) is 1.82. The second kappa shape index (κ2) is 5.57. The SMILES string of the molecule is Nc1ccc(Br)c(-c2nc(-c3ccc(F)cc3Br)no2)c1. The molecule has 0 atom stereocenters. The number of nitrogen functional groups attached to an aromatic ring is 1. The smallest absolute Gasteiger partial charge is 0.259 e. The summed E-state index contributed by atoms with van der Waals surface area (Å²) in [6, 6.07) is 9.58. The summed E-state index contributed by atoms with van der Waals surface area (Å²) >= 11 is 6.70. The first kappa shape index (κ1) is 14.2. The van der Waals surface area contributed by atoms with E-state index in [4.69, 9.17) is 10.3 Å². The summed E-state index contributed by atoms with van der Waals surface area (Å²) in [7, 11) is 0. The van der Waals surface area contributed by atoms with Crippen molar-refractivity contribution in [1.29, 1.82) is 0 Å². The minimum Gasteiger partial charge on any atom is -0.399 e. The van der Waals surface area contributed by atoms with E-state index >= 15 is 0 Å². The van der Waals surface area contributed by atoms with Gasteiger partial charge in [0.1, 0.15) is 5.82 Å². The topological polar surface area (TPSA) is 64.9 Å². The molecule has 1 aromatic heterocycles. The first-order chi connectivity index (χ1) is 10.0. The maximum atomic E-state index is 13.1. The lowest BCUT2D eigenvalue weighted by Gasteiger charge is -2.00. The van der Waals surface area contributed by atoms with E-state index in [-0.39, 0.29) is 5.82 Å². The predicted molar refractivity (Wildman–Crippen MR) is 84.9 cm³/mol. The molecular weight excluding hydrogens is 405 g/mol. The number of anilines is 1. The van der Waals surface area contributed by atoms with Crippen LogP contribution >= 0.6 is 31.9 Å². The molecule has 106 valence electrons. The Bertz CT molecular complexity index is 820. The second-order valence-corrected chi connectivity index (χ2v) is 6.00. The van der Waals surface area contributed by atoms with E-state index in [0.29, 0.717) is 33.0 Å². The van der Waals surface area contributed by atoms with Crippen LogP contribution in [-0.2, 0) is 0 Å². The van der Waals surface area contributed by atoms with E-state index in [0.717, 1.165) is 4.47 Å². The molecule has 0 bridgehead atoms. The number of aromatic nitrogens is 2. The van der Waals surface area contributed by atoms with Crippen molar-refractivity contribution >= 4 is 37.5 Å². The van der Waals surface area contributed by atoms with Crippen molar-refractivity contribution in [3.63, 3.8) is 0 Å². The predicted octanol–water partition coefficient (Wildman–Crippen LogP) is 4.65. The lowest BCUT2D eigenvalue weighted by molar-refractivity contribution is 0.432. The van der Waals surface area contributed by atoms with Gasteiger partial charge in [-0.1, -0.05) is 5.16 Å². The van der Waals surface area contributed by atoms with Crippen molar-refractivity contribution in [3.8, 4) is 22.8 Å². The van der Waals surface area contributed by atoms with Gasteiger partial charge < -0.3 is 10.3 Å². The average molecular weight is 413 g/mol. The lowest BCUT2D eigenvalue weighted by atomic mass is 10.2. The maximum absolute atomic E-state index is 13.1. The van der Waals surface area contributed by atoms with E-state index in [9.17, 15) is 4.39 Å². The van der Waals surface area contributed by atoms with Crippen molar-refractivity contribution in [2.75, 3.05) is 5.73 Å². The van der Waals surface area contributed by atoms with Crippen LogP contribution in [-0.4, -0.2) is 10.1 Å². The standard InChI is InChI=1S/C14H8Br2FN3O/c15-11-4-2-8(18)6-10(11)14-19-13(20-21-14)9-3-1-7(17)5-12(9)16/h1-6H,18H2. The highest BCUT2D eigenvalue weighted by molar-refractivity contribution is 9.11. The summed E-state index contributed by atoms with van der Waals surface area (Å²) < 4.78 is 19.7. The van der Waals surface area contributed by atoms with Crippen LogP contribution in [0.4, 0.5) is 10.1 Å². The molecule has 0 saturated carbocycles. The Morgan fingerprint density at radius 3 is 2.57 bits per heavy atom. The third-order valence-electron chi connectivity index (χ3n) is 2.82. The molecule has 0 fully saturated rings. The van der Waals surface area contributed by atoms with Crippen LogP contribution < -0.4 is 5.73 Å². The van der Waals surface area contributed by atoms with Gasteiger partial charge in [0.25, 0.3) is 5.89 Å². The molecule has 0 aliphatic carbocycles. The lowest BCUT2D eigenvalue weighted by Crippen LogP contribution is -1.88. The van der Waals surface area contributed by atoms with E-state index in [1.807, 2.05) is 6.07 Å². The molecule has 2 aromatic carbocycles. The van der Waals surface area contributed by atoms with Gasteiger partial charge in [-0.05, 0) is 68.3 Å². The Morgan fingerprint density at radius 2 is 1.81 bits per heavy atom. The Labute approximate surface area is 136 Å². The van der Waals surface area contributed by atoms with Crippen LogP contribution in [0.3, 0.4) is 0 Å². The summed E-state index contributed by atoms with van der Waals surface area (Å²) in [5.41, 5.74) is 7.70. The molecule has 0 saturated heterocycles. The average Bonchev–Trinajstić information content (AvgIpc) is 2.91. The number of hydrogen-bond donors (Lipinski definition) is 1. The minimum absolute atomic E-state index is 0.334. The molecule has 1 heterocycles. The third kappa shape index (κ3) is 2.84. The van der Waals surface area contributed by atoms with Gasteiger partial charge in [-0.15, -0.1) is 0 Å². The van der Waals surface area contributed by atoms with E-state index < -0.39 is 0 Å². The van der Waals surface area contributed by atoms with Crippen LogP contribution in [0.1, 0.15) is 0 Å². The fraction of sp³-hybridized carbons (Fsp3) is 0. The van der Waals surface area contributed by atoms with Gasteiger partial charge in [0.05, 0.1) is 5.56 Å². The van der Waals surface area contributed by atoms with Crippen molar-refractivity contribution in [2.45, 2.75) is 0 Å². The van der Waals surface area contributed by atoms with Gasteiger partial charge in [0.2, 0.25) is 5.82 Å². The van der Waals surface area contributed by atoms with E-state index in [2.05, 4.69) is 42.0 Å². The molecule has 0 radical (unpaired) electrons. The van der Waals surface area contributed by atoms with Gasteiger partial charge >= 0.3 is 0 Å². The van der Waals surface area contributed by atoms with Crippen LogP contribution in [0.5, 0.6) is 0 Å². The van der Waals surface area contributed by atoms with Crippen LogP contribution in [0.15, 0.2) is 49.9 Å². The van der Waals surface area contributed by atoms with Crippen LogP contribution in [0.25, 0.3) is 22.8 Å². The molecule has 2 N–H and O–H groups in total. The zero-order chi connectivity index (χ0) is 15.0. The summed E-state index contributed by atoms with van der Waals surface area (Å²) in [6.07, 6.45) is 0. The minimum atomic E-state index is -0.340. The molecule has 0 spiro atoms. The molecule has 0 aliphatic heterocycles. The number of halogens is 3. The molecule has 0 unspecified atom stereocenters. The molecular formula is C14H8Br2FN3O. The van der Waals surface area contributed by atoms with Gasteiger partial charge in [-0.3, -0.25) is 0 Å². The van der Waals surface area contributed by atoms with Crippen LogP contribution in [0, 0.1) is 5.82 Å². The van der Waals surface area contributed by atoms with Crippen molar-refractivity contribution in [1.82, 2.24) is 10.1 Å². The van der Waals surface area contributed by atoms with Gasteiger partial charge in [0.15, 0.2) is 0 Å². The molecule has 4 nitrogen and oxygen atoms in total. The summed E-state index contributed by atoms with van der Waals surface area (Å²) in [6.45, 7) is 0. The molecule has 0 aliphatic rings. The van der Waals surface area contributed by atoms with Crippen molar-refractivity contribution in [3.05, 3.63) is 51.2 Å². The third-order valence-corrected chi connectivity index (χ3v) is 4.17. The monoisotopic (exact) mass is 411 g/mol. The highest BCUT2D eigenvalue weighted by Gasteiger charge is 2.15. The molecule has 3 aromatic rings. The zero-order valence-electron chi connectivity index (χ0n) is 10.5. The summed E-state index contributed by atoms with van der Waals surface area (Å²) in [5.74, 6) is 0.361. The fourth-order valence-corrected chi connectivity index (χ4v) is 2.76. The molecule has 7 heteroatoms. The Morgan fingerprint density at radius 1 is 1.00 bits per heavy atom.